The van der Waals surface area contributed by atoms with Gasteiger partial charge in [0.15, 0.2) is 0 Å². The Bertz CT molecular complexity index is 878. The minimum Gasteiger partial charge on any atom is -0.406 e. The van der Waals surface area contributed by atoms with E-state index in [1.807, 2.05) is 0 Å². The Labute approximate surface area is 168 Å². The van der Waals surface area contributed by atoms with Gasteiger partial charge in [-0.15, -0.1) is 13.2 Å². The highest BCUT2D eigenvalue weighted by Gasteiger charge is 2.37. The third kappa shape index (κ3) is 5.24. The van der Waals surface area contributed by atoms with Crippen LogP contribution in [0.5, 0.6) is 5.75 Å². The Balaban J connectivity index is 1.70. The first-order chi connectivity index (χ1) is 13.9. The standard InChI is InChI=1S/C20H18F6N2O2/c1-27-12-17(29)28(18(27)14-4-6-15(7-5-14)19(21,22)23)11-10-13-2-8-16(9-3-13)30-20(24,25)26/h2-9,18H,10-12H2,1H3. The molecule has 1 aliphatic heterocycles. The number of halogens is 6. The van der Waals surface area contributed by atoms with E-state index in [1.165, 1.54) is 36.4 Å². The molecule has 1 fully saturated rings. The lowest BCUT2D eigenvalue weighted by molar-refractivity contribution is -0.274. The highest BCUT2D eigenvalue weighted by molar-refractivity contribution is 5.81. The van der Waals surface area contributed by atoms with E-state index in [9.17, 15) is 31.1 Å². The Kier molecular flexibility index (Phi) is 5.98. The van der Waals surface area contributed by atoms with Crippen molar-refractivity contribution in [1.82, 2.24) is 9.80 Å². The molecule has 4 nitrogen and oxygen atoms in total. The molecule has 1 aliphatic rings. The number of likely N-dealkylation sites (N-methyl/N-ethyl adjacent to an activating group) is 1. The summed E-state index contributed by atoms with van der Waals surface area (Å²) in [4.78, 5) is 15.7. The van der Waals surface area contributed by atoms with Crippen LogP contribution in [0.1, 0.15) is 22.9 Å². The lowest BCUT2D eigenvalue weighted by atomic mass is 10.1. The fourth-order valence-corrected chi connectivity index (χ4v) is 3.40. The van der Waals surface area contributed by atoms with Gasteiger partial charge >= 0.3 is 12.5 Å². The van der Waals surface area contributed by atoms with Crippen LogP contribution < -0.4 is 4.74 Å². The molecule has 0 N–H and O–H groups in total. The molecule has 2 aromatic carbocycles. The zero-order valence-corrected chi connectivity index (χ0v) is 15.8. The van der Waals surface area contributed by atoms with Crippen molar-refractivity contribution in [3.63, 3.8) is 0 Å². The first-order valence-electron chi connectivity index (χ1n) is 8.95. The van der Waals surface area contributed by atoms with E-state index >= 15 is 0 Å². The van der Waals surface area contributed by atoms with Gasteiger partial charge < -0.3 is 9.64 Å². The third-order valence-electron chi connectivity index (χ3n) is 4.75. The number of amides is 1. The number of nitrogens with zero attached hydrogens (tertiary/aromatic N) is 2. The molecule has 0 spiro atoms. The highest BCUT2D eigenvalue weighted by Crippen LogP contribution is 2.33. The Morgan fingerprint density at radius 3 is 2.10 bits per heavy atom. The molecule has 0 aliphatic carbocycles. The van der Waals surface area contributed by atoms with Gasteiger partial charge in [-0.05, 0) is 48.9 Å². The van der Waals surface area contributed by atoms with Crippen molar-refractivity contribution in [3.8, 4) is 5.75 Å². The quantitative estimate of drug-likeness (QED) is 0.647. The van der Waals surface area contributed by atoms with Crippen LogP contribution in [0.15, 0.2) is 48.5 Å². The number of rotatable bonds is 5. The number of hydrogen-bond acceptors (Lipinski definition) is 3. The van der Waals surface area contributed by atoms with Crippen LogP contribution in [0, 0.1) is 0 Å². The van der Waals surface area contributed by atoms with Crippen molar-refractivity contribution < 1.29 is 35.9 Å². The maximum Gasteiger partial charge on any atom is 0.573 e. The molecule has 2 aromatic rings. The molecule has 0 radical (unpaired) electrons. The van der Waals surface area contributed by atoms with Gasteiger partial charge in [-0.2, -0.15) is 13.2 Å². The van der Waals surface area contributed by atoms with Gasteiger partial charge in [-0.3, -0.25) is 9.69 Å². The normalized spacial score (nSPS) is 18.2. The first-order valence-corrected chi connectivity index (χ1v) is 8.95. The van der Waals surface area contributed by atoms with Gasteiger partial charge in [0.1, 0.15) is 11.9 Å². The summed E-state index contributed by atoms with van der Waals surface area (Å²) in [5, 5.41) is 0. The monoisotopic (exact) mass is 432 g/mol. The Morgan fingerprint density at radius 1 is 0.967 bits per heavy atom. The summed E-state index contributed by atoms with van der Waals surface area (Å²) in [6.45, 7) is 0.373. The van der Waals surface area contributed by atoms with Crippen molar-refractivity contribution in [3.05, 3.63) is 65.2 Å². The molecule has 1 atom stereocenters. The molecule has 0 bridgehead atoms. The minimum absolute atomic E-state index is 0.115. The predicted octanol–water partition coefficient (Wildman–Crippen LogP) is 4.62. The molecule has 1 unspecified atom stereocenters. The van der Waals surface area contributed by atoms with Gasteiger partial charge in [0.2, 0.25) is 5.91 Å². The van der Waals surface area contributed by atoms with Crippen LogP contribution in [0.3, 0.4) is 0 Å². The van der Waals surface area contributed by atoms with Crippen molar-refractivity contribution >= 4 is 5.91 Å². The average Bonchev–Trinajstić information content (AvgIpc) is 2.92. The predicted molar refractivity (Wildman–Crippen MR) is 95.4 cm³/mol. The van der Waals surface area contributed by atoms with E-state index in [1.54, 1.807) is 16.8 Å². The molecule has 1 saturated heterocycles. The summed E-state index contributed by atoms with van der Waals surface area (Å²) in [6.07, 6.45) is -9.38. The minimum atomic E-state index is -4.77. The summed E-state index contributed by atoms with van der Waals surface area (Å²) < 4.78 is 78.9. The van der Waals surface area contributed by atoms with Gasteiger partial charge in [0, 0.05) is 6.54 Å². The summed E-state index contributed by atoms with van der Waals surface area (Å²) in [7, 11) is 1.70. The van der Waals surface area contributed by atoms with Crippen LogP contribution in [0.4, 0.5) is 26.3 Å². The fraction of sp³-hybridized carbons (Fsp3) is 0.350. The van der Waals surface area contributed by atoms with Crippen LogP contribution in [-0.4, -0.2) is 42.2 Å². The van der Waals surface area contributed by atoms with Crippen LogP contribution in [0.2, 0.25) is 0 Å². The topological polar surface area (TPSA) is 32.8 Å². The number of carbonyl (C=O) groups excluding carboxylic acids is 1. The summed E-state index contributed by atoms with van der Waals surface area (Å²) in [5.74, 6) is -0.523. The van der Waals surface area contributed by atoms with E-state index in [4.69, 9.17) is 0 Å². The molecule has 1 heterocycles. The second-order valence-electron chi connectivity index (χ2n) is 6.94. The summed E-state index contributed by atoms with van der Waals surface area (Å²) in [6, 6.07) is 9.96. The smallest absolute Gasteiger partial charge is 0.406 e. The van der Waals surface area contributed by atoms with Crippen molar-refractivity contribution in [1.29, 1.82) is 0 Å². The molecule has 3 rings (SSSR count). The van der Waals surface area contributed by atoms with Gasteiger partial charge in [0.25, 0.3) is 0 Å². The lowest BCUT2D eigenvalue weighted by Gasteiger charge is -2.28. The zero-order chi connectivity index (χ0) is 22.1. The summed E-state index contributed by atoms with van der Waals surface area (Å²) in [5.41, 5.74) is 0.467. The van der Waals surface area contributed by atoms with E-state index in [2.05, 4.69) is 4.74 Å². The maximum absolute atomic E-state index is 12.8. The zero-order valence-electron chi connectivity index (χ0n) is 15.8. The Morgan fingerprint density at radius 2 is 1.57 bits per heavy atom. The molecule has 30 heavy (non-hydrogen) atoms. The second kappa shape index (κ2) is 8.17. The Hall–Kier alpha value is -2.75. The molecule has 10 heteroatoms. The fourth-order valence-electron chi connectivity index (χ4n) is 3.40. The number of alkyl halides is 6. The average molecular weight is 432 g/mol. The molecule has 0 aromatic heterocycles. The number of benzene rings is 2. The van der Waals surface area contributed by atoms with E-state index in [-0.39, 0.29) is 24.7 Å². The molecular weight excluding hydrogens is 414 g/mol. The largest absolute Gasteiger partial charge is 0.573 e. The van der Waals surface area contributed by atoms with Crippen molar-refractivity contribution in [2.24, 2.45) is 0 Å². The third-order valence-corrected chi connectivity index (χ3v) is 4.75. The molecular formula is C20H18F6N2O2. The highest BCUT2D eigenvalue weighted by atomic mass is 19.4. The summed E-state index contributed by atoms with van der Waals surface area (Å²) >= 11 is 0. The first kappa shape index (κ1) is 21.9. The van der Waals surface area contributed by atoms with E-state index in [0.717, 1.165) is 12.1 Å². The van der Waals surface area contributed by atoms with Crippen LogP contribution in [-0.2, 0) is 17.4 Å². The maximum atomic E-state index is 12.8. The SMILES string of the molecule is CN1CC(=O)N(CCc2ccc(OC(F)(F)F)cc2)C1c1ccc(C(F)(F)F)cc1. The second-order valence-corrected chi connectivity index (χ2v) is 6.94. The number of carbonyl (C=O) groups is 1. The lowest BCUT2D eigenvalue weighted by Crippen LogP contribution is -2.32. The van der Waals surface area contributed by atoms with E-state index in [0.29, 0.717) is 17.5 Å². The number of hydrogen-bond donors (Lipinski definition) is 0. The molecule has 162 valence electrons. The molecule has 0 saturated carbocycles. The van der Waals surface area contributed by atoms with E-state index < -0.39 is 24.3 Å². The van der Waals surface area contributed by atoms with Gasteiger partial charge in [-0.1, -0.05) is 24.3 Å². The van der Waals surface area contributed by atoms with Crippen LogP contribution >= 0.6 is 0 Å². The van der Waals surface area contributed by atoms with Crippen molar-refractivity contribution in [2.45, 2.75) is 25.1 Å². The van der Waals surface area contributed by atoms with Gasteiger partial charge in [0.05, 0.1) is 12.1 Å². The molecule has 1 amide bonds. The van der Waals surface area contributed by atoms with Crippen LogP contribution in [0.25, 0.3) is 0 Å². The van der Waals surface area contributed by atoms with Crippen molar-refractivity contribution in [2.75, 3.05) is 20.1 Å². The number of ether oxygens (including phenoxy) is 1. The van der Waals surface area contributed by atoms with Gasteiger partial charge in [-0.25, -0.2) is 0 Å².